The zero-order valence-corrected chi connectivity index (χ0v) is 30.1. The van der Waals surface area contributed by atoms with Crippen LogP contribution in [0.5, 0.6) is 5.75 Å². The average Bonchev–Trinajstić information content (AvgIpc) is 3.09. The van der Waals surface area contributed by atoms with E-state index < -0.39 is 59.3 Å². The first kappa shape index (κ1) is 39.4. The van der Waals surface area contributed by atoms with Crippen molar-refractivity contribution in [3.05, 3.63) is 118 Å². The molecule has 0 bridgehead atoms. The number of alkyl halides is 2. The van der Waals surface area contributed by atoms with E-state index in [1.807, 2.05) is 6.07 Å². The van der Waals surface area contributed by atoms with E-state index in [9.17, 15) is 27.9 Å². The summed E-state index contributed by atoms with van der Waals surface area (Å²) in [7, 11) is -8.67. The number of carbonyl (C=O) groups excluding carboxylic acids is 1. The molecule has 0 amide bonds. The molecular weight excluding hydrogens is 729 g/mol. The standard InChI is InChI=1S/C35H34ClF2N2O9PS/c1-24(2)49-34(41)47-17-18-48-50(42,43)35(37,38)30-16-13-27(20-31(30)36)23-40(51(44,45)33-10-5-4-9-32(33)46-3)22-25-11-14-28(15-12-25)29-8-6-7-26(19-29)21-39/h4-16,19-20,24H,17-18,22-23H2,1-3H3,(H,42,43). The fourth-order valence-corrected chi connectivity index (χ4v) is 7.77. The molecule has 0 aliphatic carbocycles. The largest absolute Gasteiger partial charge is 0.508 e. The molecule has 0 aliphatic heterocycles. The van der Waals surface area contributed by atoms with Gasteiger partial charge in [-0.3, -0.25) is 4.57 Å². The summed E-state index contributed by atoms with van der Waals surface area (Å²) in [6, 6.07) is 25.2. The Hall–Kier alpha value is -4.35. The van der Waals surface area contributed by atoms with Crippen molar-refractivity contribution in [3.63, 3.8) is 0 Å². The van der Waals surface area contributed by atoms with Crippen LogP contribution in [0.2, 0.25) is 5.02 Å². The van der Waals surface area contributed by atoms with Crippen LogP contribution in [-0.4, -0.2) is 50.2 Å². The summed E-state index contributed by atoms with van der Waals surface area (Å²) in [5, 5.41) is 8.63. The molecule has 51 heavy (non-hydrogen) atoms. The van der Waals surface area contributed by atoms with Crippen LogP contribution in [0.25, 0.3) is 11.1 Å². The van der Waals surface area contributed by atoms with Crippen molar-refractivity contribution in [1.29, 1.82) is 5.26 Å². The predicted molar refractivity (Wildman–Crippen MR) is 185 cm³/mol. The Kier molecular flexibility index (Phi) is 13.0. The van der Waals surface area contributed by atoms with Crippen molar-refractivity contribution in [1.82, 2.24) is 4.31 Å². The van der Waals surface area contributed by atoms with E-state index in [0.29, 0.717) is 11.1 Å². The minimum absolute atomic E-state index is 0.0872. The van der Waals surface area contributed by atoms with Gasteiger partial charge in [-0.05, 0) is 66.4 Å². The molecule has 16 heteroatoms. The number of hydrogen-bond donors (Lipinski definition) is 1. The lowest BCUT2D eigenvalue weighted by molar-refractivity contribution is 0.0168. The smallest absolute Gasteiger partial charge is 0.495 e. The van der Waals surface area contributed by atoms with Gasteiger partial charge in [0.25, 0.3) is 0 Å². The van der Waals surface area contributed by atoms with Crippen molar-refractivity contribution in [3.8, 4) is 22.9 Å². The molecular formula is C35H34ClF2N2O9PS. The first-order valence-electron chi connectivity index (χ1n) is 15.3. The SMILES string of the molecule is COc1ccccc1S(=O)(=O)N(Cc1ccc(-c2cccc(C#N)c2)cc1)Cc1ccc(C(F)(F)P(=O)(O)OCCOC(=O)OC(C)C)c(Cl)c1. The molecule has 0 radical (unpaired) electrons. The fraction of sp³-hybridized carbons (Fsp3) is 0.257. The van der Waals surface area contributed by atoms with Crippen LogP contribution in [0.15, 0.2) is 95.9 Å². The van der Waals surface area contributed by atoms with Gasteiger partial charge in [-0.1, -0.05) is 72.3 Å². The molecule has 0 saturated heterocycles. The minimum Gasteiger partial charge on any atom is -0.495 e. The lowest BCUT2D eigenvalue weighted by Crippen LogP contribution is -2.30. The number of nitriles is 1. The van der Waals surface area contributed by atoms with E-state index >= 15 is 8.78 Å². The lowest BCUT2D eigenvalue weighted by Gasteiger charge is -2.25. The summed E-state index contributed by atoms with van der Waals surface area (Å²) < 4.78 is 91.8. The highest BCUT2D eigenvalue weighted by Gasteiger charge is 2.54. The third kappa shape index (κ3) is 9.71. The normalized spacial score (nSPS) is 13.0. The Morgan fingerprint density at radius 3 is 2.27 bits per heavy atom. The molecule has 4 aromatic carbocycles. The second-order valence-electron chi connectivity index (χ2n) is 11.3. The number of benzene rings is 4. The monoisotopic (exact) mass is 762 g/mol. The van der Waals surface area contributed by atoms with Crippen molar-refractivity contribution in [2.24, 2.45) is 0 Å². The van der Waals surface area contributed by atoms with Crippen molar-refractivity contribution in [2.45, 2.75) is 43.6 Å². The zero-order chi connectivity index (χ0) is 37.4. The van der Waals surface area contributed by atoms with Gasteiger partial charge in [0, 0.05) is 13.1 Å². The first-order valence-corrected chi connectivity index (χ1v) is 18.7. The van der Waals surface area contributed by atoms with Crippen molar-refractivity contribution < 1.29 is 50.2 Å². The molecule has 1 unspecified atom stereocenters. The van der Waals surface area contributed by atoms with E-state index in [1.165, 1.54) is 25.3 Å². The second-order valence-corrected chi connectivity index (χ2v) is 15.5. The molecule has 0 saturated carbocycles. The molecule has 1 atom stereocenters. The number of rotatable bonds is 15. The molecule has 4 rings (SSSR count). The summed E-state index contributed by atoms with van der Waals surface area (Å²) in [5.41, 5.74) is -2.67. The summed E-state index contributed by atoms with van der Waals surface area (Å²) >= 11 is 6.23. The number of nitrogens with zero attached hydrogens (tertiary/aromatic N) is 2. The van der Waals surface area contributed by atoms with Crippen LogP contribution in [0.3, 0.4) is 0 Å². The minimum atomic E-state index is -5.71. The Balaban J connectivity index is 1.59. The Bertz CT molecular complexity index is 2060. The van der Waals surface area contributed by atoms with E-state index in [4.69, 9.17) is 21.1 Å². The molecule has 11 nitrogen and oxygen atoms in total. The van der Waals surface area contributed by atoms with Gasteiger partial charge >= 0.3 is 19.4 Å². The second kappa shape index (κ2) is 16.8. The van der Waals surface area contributed by atoms with Gasteiger partial charge in [0.1, 0.15) is 17.3 Å². The number of para-hydroxylation sites is 1. The molecule has 4 aromatic rings. The van der Waals surface area contributed by atoms with Gasteiger partial charge in [0.15, 0.2) is 0 Å². The third-order valence-corrected chi connectivity index (χ3v) is 10.9. The highest BCUT2D eigenvalue weighted by atomic mass is 35.5. The Labute approximate surface area is 299 Å². The summed E-state index contributed by atoms with van der Waals surface area (Å²) in [5.74, 6) is 0.0872. The van der Waals surface area contributed by atoms with E-state index in [1.54, 1.807) is 62.4 Å². The molecule has 0 aliphatic rings. The highest BCUT2D eigenvalue weighted by Crippen LogP contribution is 2.64. The number of ether oxygens (including phenoxy) is 3. The molecule has 0 spiro atoms. The number of halogens is 3. The molecule has 0 aromatic heterocycles. The van der Waals surface area contributed by atoms with Gasteiger partial charge in [-0.2, -0.15) is 18.3 Å². The maximum absolute atomic E-state index is 15.3. The number of sulfonamides is 1. The van der Waals surface area contributed by atoms with Crippen LogP contribution in [-0.2, 0) is 47.3 Å². The van der Waals surface area contributed by atoms with Gasteiger partial charge in [0.05, 0.1) is 42.0 Å². The molecule has 270 valence electrons. The van der Waals surface area contributed by atoms with E-state index in [0.717, 1.165) is 33.6 Å². The molecule has 0 fully saturated rings. The molecule has 1 N–H and O–H groups in total. The van der Waals surface area contributed by atoms with Gasteiger partial charge < -0.3 is 23.6 Å². The van der Waals surface area contributed by atoms with Crippen LogP contribution in [0.1, 0.15) is 36.1 Å². The average molecular weight is 763 g/mol. The fourth-order valence-electron chi connectivity index (χ4n) is 4.82. The Morgan fingerprint density at radius 2 is 1.63 bits per heavy atom. The van der Waals surface area contributed by atoms with E-state index in [2.05, 4.69) is 15.3 Å². The number of carbonyl (C=O) groups is 1. The third-order valence-electron chi connectivity index (χ3n) is 7.30. The van der Waals surface area contributed by atoms with Crippen molar-refractivity contribution in [2.75, 3.05) is 20.3 Å². The highest BCUT2D eigenvalue weighted by molar-refractivity contribution is 7.89. The maximum atomic E-state index is 15.3. The summed E-state index contributed by atoms with van der Waals surface area (Å²) in [6.45, 7) is 1.16. The van der Waals surface area contributed by atoms with Crippen molar-refractivity contribution >= 4 is 35.4 Å². The summed E-state index contributed by atoms with van der Waals surface area (Å²) in [6.07, 6.45) is -1.61. The van der Waals surface area contributed by atoms with E-state index in [-0.39, 0.29) is 29.3 Å². The molecule has 0 heterocycles. The topological polar surface area (TPSA) is 152 Å². The quantitative estimate of drug-likeness (QED) is 0.0715. The van der Waals surface area contributed by atoms with Gasteiger partial charge in [-0.25, -0.2) is 13.2 Å². The van der Waals surface area contributed by atoms with Crippen LogP contribution >= 0.6 is 19.2 Å². The first-order chi connectivity index (χ1) is 24.1. The van der Waals surface area contributed by atoms with Crippen LogP contribution in [0, 0.1) is 11.3 Å². The van der Waals surface area contributed by atoms with Crippen LogP contribution < -0.4 is 4.74 Å². The lowest BCUT2D eigenvalue weighted by atomic mass is 10.0. The Morgan fingerprint density at radius 1 is 0.961 bits per heavy atom. The van der Waals surface area contributed by atoms with Crippen LogP contribution in [0.4, 0.5) is 13.6 Å². The van der Waals surface area contributed by atoms with Gasteiger partial charge in [0.2, 0.25) is 10.0 Å². The van der Waals surface area contributed by atoms with Gasteiger partial charge in [-0.15, -0.1) is 0 Å². The predicted octanol–water partition coefficient (Wildman–Crippen LogP) is 8.09. The number of methoxy groups -OCH3 is 1. The summed E-state index contributed by atoms with van der Waals surface area (Å²) in [4.78, 5) is 21.5. The maximum Gasteiger partial charge on any atom is 0.508 e. The zero-order valence-electron chi connectivity index (χ0n) is 27.7. The number of hydrogen-bond acceptors (Lipinski definition) is 9.